The first kappa shape index (κ1) is 15.9. The minimum Gasteiger partial charge on any atom is -0.456 e. The summed E-state index contributed by atoms with van der Waals surface area (Å²) in [6.45, 7) is 0. The Morgan fingerprint density at radius 3 is 1.61 bits per heavy atom. The number of nitrogens with zero attached hydrogens (tertiary/aromatic N) is 2. The Bertz CT molecular complexity index is 4940. The van der Waals surface area contributed by atoms with Crippen molar-refractivity contribution in [3.8, 4) is 44.8 Å². The minimum absolute atomic E-state index is 0.187. The van der Waals surface area contributed by atoms with Gasteiger partial charge < -0.3 is 13.6 Å². The molecular weight excluding hydrogens is 693 g/mol. The van der Waals surface area contributed by atoms with Gasteiger partial charge in [0.2, 0.25) is 0 Å². The van der Waals surface area contributed by atoms with E-state index in [0.29, 0.717) is 0 Å². The molecule has 0 saturated heterocycles. The molecular formula is C54H34N2O. The van der Waals surface area contributed by atoms with Crippen LogP contribution in [0.4, 0.5) is 0 Å². The molecule has 0 amide bonds. The van der Waals surface area contributed by atoms with Crippen molar-refractivity contribution in [3.63, 3.8) is 0 Å². The fraction of sp³-hybridized carbons (Fsp3) is 0. The third-order valence-corrected chi connectivity index (χ3v) is 9.82. The van der Waals surface area contributed by atoms with Crippen molar-refractivity contribution < 1.29 is 38.7 Å². The third-order valence-electron chi connectivity index (χ3n) is 9.82. The van der Waals surface area contributed by atoms with E-state index in [1.54, 1.807) is 24.3 Å². The van der Waals surface area contributed by atoms with E-state index in [1.807, 2.05) is 30.3 Å². The van der Waals surface area contributed by atoms with Crippen LogP contribution in [0.2, 0.25) is 0 Å². The minimum atomic E-state index is -0.995. The normalized spacial score (nSPS) is 18.0. The van der Waals surface area contributed by atoms with Crippen molar-refractivity contribution in [2.24, 2.45) is 0 Å². The molecule has 3 nitrogen and oxygen atoms in total. The lowest BCUT2D eigenvalue weighted by Crippen LogP contribution is -1.97. The SMILES string of the molecule is [2H]c1c([2H])c([2H])c(-c2c(-n3c4c([2H])c([2H])c([2H])c([2H])c4c4c([2H])c(-c5c([2H])c([2H])c6c(c5[2H])c5c([2H])c([2H])c([2H])c([2H])c5n6-c5ccc(-c6ccccc6)cc5)c([2H])c([2H])c43)c([2H])c3c(oc4c([2H])c([2H])c([2H])c([2H])c43)c2[2H])c([2H])c1[2H]. The van der Waals surface area contributed by atoms with Gasteiger partial charge in [-0.1, -0.05) is 139 Å². The highest BCUT2D eigenvalue weighted by Crippen LogP contribution is 2.42. The number of aromatic nitrogens is 2. The molecule has 0 radical (unpaired) electrons. The summed E-state index contributed by atoms with van der Waals surface area (Å²) in [6, 6.07) is -4.91. The highest BCUT2D eigenvalue weighted by molar-refractivity contribution is 6.14. The summed E-state index contributed by atoms with van der Waals surface area (Å²) in [5.74, 6) is 0. The molecule has 0 aliphatic rings. The monoisotopic (exact) mass is 751 g/mol. The van der Waals surface area contributed by atoms with Crippen molar-refractivity contribution in [2.45, 2.75) is 0 Å². The molecule has 12 rings (SSSR count). The van der Waals surface area contributed by atoms with Crippen LogP contribution in [0.25, 0.3) is 110 Å². The van der Waals surface area contributed by atoms with Crippen LogP contribution in [-0.4, -0.2) is 9.13 Å². The maximum atomic E-state index is 10.1. The smallest absolute Gasteiger partial charge is 0.136 e. The van der Waals surface area contributed by atoms with Gasteiger partial charge in [-0.3, -0.25) is 0 Å². The molecule has 0 saturated carbocycles. The number of para-hydroxylation sites is 3. The zero-order chi connectivity index (χ0) is 59.2. The average molecular weight is 752 g/mol. The highest BCUT2D eigenvalue weighted by Gasteiger charge is 2.20. The lowest BCUT2D eigenvalue weighted by molar-refractivity contribution is 0.669. The molecule has 0 atom stereocenters. The van der Waals surface area contributed by atoms with E-state index in [9.17, 15) is 15.1 Å². The van der Waals surface area contributed by atoms with Gasteiger partial charge in [0.15, 0.2) is 0 Å². The van der Waals surface area contributed by atoms with E-state index >= 15 is 0 Å². The fourth-order valence-corrected chi connectivity index (χ4v) is 7.30. The molecule has 9 aromatic carbocycles. The van der Waals surface area contributed by atoms with Crippen molar-refractivity contribution in [3.05, 3.63) is 206 Å². The Kier molecular flexibility index (Phi) is 3.46. The van der Waals surface area contributed by atoms with E-state index < -0.39 is 223 Å². The summed E-state index contributed by atoms with van der Waals surface area (Å²) in [7, 11) is 0. The van der Waals surface area contributed by atoms with E-state index in [0.717, 1.165) is 15.7 Å². The van der Waals surface area contributed by atoms with Gasteiger partial charge >= 0.3 is 0 Å². The number of rotatable bonds is 5. The van der Waals surface area contributed by atoms with E-state index in [4.69, 9.17) is 23.6 Å². The van der Waals surface area contributed by atoms with Gasteiger partial charge in [-0.2, -0.15) is 0 Å². The first-order valence-corrected chi connectivity index (χ1v) is 17.5. The maximum Gasteiger partial charge on any atom is 0.136 e. The second-order valence-corrected chi connectivity index (χ2v) is 13.0. The molecule has 0 fully saturated rings. The zero-order valence-corrected chi connectivity index (χ0v) is 29.0. The van der Waals surface area contributed by atoms with Crippen LogP contribution in [0.15, 0.2) is 210 Å². The van der Waals surface area contributed by atoms with Crippen molar-refractivity contribution in [1.29, 1.82) is 0 Å². The van der Waals surface area contributed by atoms with Gasteiger partial charge in [-0.15, -0.1) is 0 Å². The van der Waals surface area contributed by atoms with E-state index in [1.165, 1.54) is 4.57 Å². The van der Waals surface area contributed by atoms with Crippen molar-refractivity contribution >= 4 is 65.6 Å². The quantitative estimate of drug-likeness (QED) is 0.172. The summed E-state index contributed by atoms with van der Waals surface area (Å²) >= 11 is 0. The lowest BCUT2D eigenvalue weighted by Gasteiger charge is -2.15. The highest BCUT2D eigenvalue weighted by atomic mass is 16.3. The van der Waals surface area contributed by atoms with Crippen LogP contribution < -0.4 is 0 Å². The topological polar surface area (TPSA) is 23.0 Å². The second-order valence-electron chi connectivity index (χ2n) is 13.0. The first-order valence-electron chi connectivity index (χ1n) is 30.0. The second kappa shape index (κ2) is 12.5. The average Bonchev–Trinajstić information content (AvgIpc) is 1.79. The van der Waals surface area contributed by atoms with Crippen LogP contribution in [0.1, 0.15) is 34.3 Å². The predicted octanol–water partition coefficient (Wildman–Crippen LogP) is 14.8. The lowest BCUT2D eigenvalue weighted by atomic mass is 10.00. The van der Waals surface area contributed by atoms with Gasteiger partial charge in [0.25, 0.3) is 0 Å². The summed E-state index contributed by atoms with van der Waals surface area (Å²) in [4.78, 5) is 0. The molecule has 3 heteroatoms. The Morgan fingerprint density at radius 1 is 0.351 bits per heavy atom. The number of hydrogen-bond donors (Lipinski definition) is 0. The van der Waals surface area contributed by atoms with Gasteiger partial charge in [-0.05, 0) is 94.3 Å². The maximum absolute atomic E-state index is 10.1. The number of hydrogen-bond acceptors (Lipinski definition) is 1. The number of furan rings is 1. The van der Waals surface area contributed by atoms with E-state index in [2.05, 4.69) is 0 Å². The molecule has 12 aromatic rings. The van der Waals surface area contributed by atoms with Gasteiger partial charge in [0.1, 0.15) is 11.2 Å². The number of fused-ring (bicyclic) bond motifs is 9. The summed E-state index contributed by atoms with van der Waals surface area (Å²) in [5.41, 5.74) is -4.85. The fourth-order valence-electron chi connectivity index (χ4n) is 7.30. The standard InChI is InChI=1S/C54H34N2O/c1-3-13-35(14-4-1)36-23-27-40(28-24-36)55-48-20-10-7-17-41(48)45-31-38(25-29-50(45)55)39-26-30-51-46(32-39)42-18-8-11-21-49(42)56(51)52-33-47-43-19-9-12-22-53(43)57-54(47)34-44(52)37-15-5-2-6-16-37/h1-34H/i2D,5D,6D,7D,8D,9D,10D,11D,12D,15D,16D,17D,18D,19D,20D,21D,22D,25D,26D,29D,30D,31D,32D,33D,34D. The van der Waals surface area contributed by atoms with Crippen molar-refractivity contribution in [2.75, 3.05) is 0 Å². The molecule has 0 bridgehead atoms. The molecule has 0 aliphatic carbocycles. The molecule has 3 heterocycles. The van der Waals surface area contributed by atoms with Crippen LogP contribution >= 0.6 is 0 Å². The van der Waals surface area contributed by atoms with Crippen LogP contribution in [0.5, 0.6) is 0 Å². The Balaban J connectivity index is 1.27. The molecule has 266 valence electrons. The molecule has 0 spiro atoms. The van der Waals surface area contributed by atoms with Crippen LogP contribution in [0, 0.1) is 0 Å². The number of benzene rings is 9. The zero-order valence-electron chi connectivity index (χ0n) is 54.0. The largest absolute Gasteiger partial charge is 0.456 e. The van der Waals surface area contributed by atoms with Gasteiger partial charge in [0.05, 0.1) is 62.0 Å². The molecule has 0 N–H and O–H groups in total. The van der Waals surface area contributed by atoms with Crippen LogP contribution in [-0.2, 0) is 0 Å². The predicted molar refractivity (Wildman–Crippen MR) is 239 cm³/mol. The molecule has 0 aliphatic heterocycles. The molecule has 0 unspecified atom stereocenters. The molecule has 3 aromatic heterocycles. The van der Waals surface area contributed by atoms with Gasteiger partial charge in [0, 0.05) is 43.6 Å². The Morgan fingerprint density at radius 2 is 0.912 bits per heavy atom. The summed E-state index contributed by atoms with van der Waals surface area (Å²) < 4.78 is 238. The first-order chi connectivity index (χ1) is 38.7. The van der Waals surface area contributed by atoms with Crippen molar-refractivity contribution in [1.82, 2.24) is 9.13 Å². The summed E-state index contributed by atoms with van der Waals surface area (Å²) in [5, 5.41) is -2.77. The van der Waals surface area contributed by atoms with E-state index in [-0.39, 0.29) is 27.5 Å². The summed E-state index contributed by atoms with van der Waals surface area (Å²) in [6.07, 6.45) is 0. The van der Waals surface area contributed by atoms with Crippen LogP contribution in [0.3, 0.4) is 0 Å². The Labute approximate surface area is 364 Å². The Hall–Kier alpha value is -7.62. The van der Waals surface area contributed by atoms with Gasteiger partial charge in [-0.25, -0.2) is 0 Å². The third kappa shape index (κ3) is 4.92. The molecule has 57 heavy (non-hydrogen) atoms.